The van der Waals surface area contributed by atoms with Crippen molar-refractivity contribution >= 4 is 11.9 Å². The lowest BCUT2D eigenvalue weighted by molar-refractivity contribution is -0.153. The Balaban J connectivity index is 1.83. The SMILES string of the molecule is C=CC(=O)OC1CC2(C)OC1C1C(=O)OCC12. The van der Waals surface area contributed by atoms with Gasteiger partial charge >= 0.3 is 11.9 Å². The number of fused-ring (bicyclic) bond motifs is 5. The summed E-state index contributed by atoms with van der Waals surface area (Å²) in [6.07, 6.45) is 1.02. The van der Waals surface area contributed by atoms with Crippen LogP contribution in [0.25, 0.3) is 0 Å². The predicted octanol–water partition coefficient (Wildman–Crippen LogP) is 0.435. The van der Waals surface area contributed by atoms with Crippen molar-refractivity contribution in [2.24, 2.45) is 11.8 Å². The second-order valence-corrected chi connectivity index (χ2v) is 5.04. The van der Waals surface area contributed by atoms with Gasteiger partial charge in [-0.3, -0.25) is 4.79 Å². The van der Waals surface area contributed by atoms with Crippen molar-refractivity contribution in [3.63, 3.8) is 0 Å². The van der Waals surface area contributed by atoms with Crippen molar-refractivity contribution in [2.45, 2.75) is 31.2 Å². The highest BCUT2D eigenvalue weighted by molar-refractivity contribution is 5.82. The van der Waals surface area contributed by atoms with Crippen LogP contribution in [0.5, 0.6) is 0 Å². The lowest BCUT2D eigenvalue weighted by atomic mass is 9.73. The Morgan fingerprint density at radius 2 is 2.41 bits per heavy atom. The van der Waals surface area contributed by atoms with Crippen molar-refractivity contribution in [3.8, 4) is 0 Å². The van der Waals surface area contributed by atoms with Crippen molar-refractivity contribution in [2.75, 3.05) is 6.61 Å². The number of hydrogen-bond donors (Lipinski definition) is 0. The van der Waals surface area contributed by atoms with Gasteiger partial charge in [-0.05, 0) is 6.92 Å². The number of esters is 2. The zero-order valence-corrected chi connectivity index (χ0v) is 9.55. The maximum atomic E-state index is 11.6. The van der Waals surface area contributed by atoms with Crippen LogP contribution in [-0.2, 0) is 23.8 Å². The maximum Gasteiger partial charge on any atom is 0.330 e. The van der Waals surface area contributed by atoms with Crippen molar-refractivity contribution in [1.29, 1.82) is 0 Å². The average molecular weight is 238 g/mol. The Labute approximate surface area is 98.7 Å². The first-order valence-corrected chi connectivity index (χ1v) is 5.73. The van der Waals surface area contributed by atoms with Gasteiger partial charge in [0.15, 0.2) is 0 Å². The van der Waals surface area contributed by atoms with E-state index in [1.807, 2.05) is 6.92 Å². The van der Waals surface area contributed by atoms with E-state index >= 15 is 0 Å². The molecule has 17 heavy (non-hydrogen) atoms. The molecule has 0 spiro atoms. The fourth-order valence-electron chi connectivity index (χ4n) is 3.26. The lowest BCUT2D eigenvalue weighted by Gasteiger charge is -2.29. The van der Waals surface area contributed by atoms with E-state index in [-0.39, 0.29) is 30.0 Å². The highest BCUT2D eigenvalue weighted by Gasteiger charge is 2.67. The molecule has 92 valence electrons. The predicted molar refractivity (Wildman–Crippen MR) is 55.9 cm³/mol. The summed E-state index contributed by atoms with van der Waals surface area (Å²) >= 11 is 0. The summed E-state index contributed by atoms with van der Waals surface area (Å²) in [6, 6.07) is 0. The van der Waals surface area contributed by atoms with Gasteiger partial charge in [0.2, 0.25) is 0 Å². The van der Waals surface area contributed by atoms with Gasteiger partial charge < -0.3 is 14.2 Å². The van der Waals surface area contributed by atoms with Crippen LogP contribution in [0.15, 0.2) is 12.7 Å². The van der Waals surface area contributed by atoms with Crippen LogP contribution in [0.2, 0.25) is 0 Å². The Bertz CT molecular complexity index is 404. The monoisotopic (exact) mass is 238 g/mol. The molecule has 2 bridgehead atoms. The Hall–Kier alpha value is -1.36. The van der Waals surface area contributed by atoms with E-state index in [9.17, 15) is 9.59 Å². The summed E-state index contributed by atoms with van der Waals surface area (Å²) in [5.41, 5.74) is -0.409. The van der Waals surface area contributed by atoms with Crippen LogP contribution < -0.4 is 0 Å². The summed E-state index contributed by atoms with van der Waals surface area (Å²) in [7, 11) is 0. The number of carbonyl (C=O) groups is 2. The van der Waals surface area contributed by atoms with E-state index in [1.54, 1.807) is 0 Å². The molecule has 3 aliphatic rings. The highest BCUT2D eigenvalue weighted by Crippen LogP contribution is 2.54. The number of cyclic esters (lactones) is 1. The third kappa shape index (κ3) is 1.35. The van der Waals surface area contributed by atoms with E-state index in [2.05, 4.69) is 6.58 Å². The fraction of sp³-hybridized carbons (Fsp3) is 0.667. The van der Waals surface area contributed by atoms with Crippen LogP contribution in [0.4, 0.5) is 0 Å². The summed E-state index contributed by atoms with van der Waals surface area (Å²) in [5.74, 6) is -0.893. The molecule has 0 aromatic heterocycles. The van der Waals surface area contributed by atoms with E-state index < -0.39 is 11.6 Å². The summed E-state index contributed by atoms with van der Waals surface area (Å²) in [6.45, 7) is 5.72. The van der Waals surface area contributed by atoms with Gasteiger partial charge in [0.25, 0.3) is 0 Å². The molecule has 0 amide bonds. The third-order valence-corrected chi connectivity index (χ3v) is 4.06. The molecule has 5 heteroatoms. The molecular weight excluding hydrogens is 224 g/mol. The van der Waals surface area contributed by atoms with Gasteiger partial charge in [0.05, 0.1) is 18.1 Å². The first-order chi connectivity index (χ1) is 8.05. The van der Waals surface area contributed by atoms with Gasteiger partial charge in [-0.25, -0.2) is 4.79 Å². The number of rotatable bonds is 2. The number of hydrogen-bond acceptors (Lipinski definition) is 5. The van der Waals surface area contributed by atoms with E-state index in [1.165, 1.54) is 0 Å². The molecule has 0 N–H and O–H groups in total. The molecule has 0 aromatic carbocycles. The lowest BCUT2D eigenvalue weighted by Crippen LogP contribution is -2.43. The highest BCUT2D eigenvalue weighted by atomic mass is 16.6. The number of ether oxygens (including phenoxy) is 3. The molecule has 5 atom stereocenters. The third-order valence-electron chi connectivity index (χ3n) is 4.06. The van der Waals surface area contributed by atoms with Crippen LogP contribution in [0.1, 0.15) is 13.3 Å². The quantitative estimate of drug-likeness (QED) is 0.516. The van der Waals surface area contributed by atoms with Gasteiger partial charge in [0.1, 0.15) is 12.2 Å². The Morgan fingerprint density at radius 1 is 1.65 bits per heavy atom. The van der Waals surface area contributed by atoms with Crippen molar-refractivity contribution in [1.82, 2.24) is 0 Å². The normalized spacial score (nSPS) is 46.5. The molecule has 0 aliphatic carbocycles. The molecule has 5 unspecified atom stereocenters. The summed E-state index contributed by atoms with van der Waals surface area (Å²) < 4.78 is 16.1. The summed E-state index contributed by atoms with van der Waals surface area (Å²) in [5, 5.41) is 0. The zero-order chi connectivity index (χ0) is 12.2. The molecule has 3 saturated heterocycles. The van der Waals surface area contributed by atoms with Gasteiger partial charge in [-0.1, -0.05) is 6.58 Å². The zero-order valence-electron chi connectivity index (χ0n) is 9.55. The van der Waals surface area contributed by atoms with Gasteiger partial charge in [-0.15, -0.1) is 0 Å². The van der Waals surface area contributed by atoms with Crippen molar-refractivity contribution in [3.05, 3.63) is 12.7 Å². The molecule has 3 fully saturated rings. The summed E-state index contributed by atoms with van der Waals surface area (Å²) in [4.78, 5) is 22.8. The van der Waals surface area contributed by atoms with Gasteiger partial charge in [0, 0.05) is 18.4 Å². The molecule has 3 rings (SSSR count). The van der Waals surface area contributed by atoms with Crippen LogP contribution in [-0.4, -0.2) is 36.4 Å². The fourth-order valence-corrected chi connectivity index (χ4v) is 3.26. The molecule has 5 nitrogen and oxygen atoms in total. The minimum absolute atomic E-state index is 0.0960. The van der Waals surface area contributed by atoms with Crippen LogP contribution in [0.3, 0.4) is 0 Å². The molecule has 0 radical (unpaired) electrons. The first-order valence-electron chi connectivity index (χ1n) is 5.73. The topological polar surface area (TPSA) is 61.8 Å². The largest absolute Gasteiger partial charge is 0.465 e. The average Bonchev–Trinajstić information content (AvgIpc) is 2.88. The molecule has 0 saturated carbocycles. The molecule has 3 heterocycles. The minimum atomic E-state index is -0.474. The Kier molecular flexibility index (Phi) is 2.10. The van der Waals surface area contributed by atoms with E-state index in [0.29, 0.717) is 13.0 Å². The number of carbonyl (C=O) groups excluding carboxylic acids is 2. The molecular formula is C12H14O5. The second kappa shape index (κ2) is 3.32. The minimum Gasteiger partial charge on any atom is -0.465 e. The van der Waals surface area contributed by atoms with E-state index in [0.717, 1.165) is 6.08 Å². The standard InChI is InChI=1S/C12H14O5/c1-3-8(13)16-7-4-12(2)6-5-15-11(14)9(6)10(7)17-12/h3,6-7,9-10H,1,4-5H2,2H3. The smallest absolute Gasteiger partial charge is 0.330 e. The first kappa shape index (κ1) is 10.8. The molecule has 0 aromatic rings. The van der Waals surface area contributed by atoms with Crippen LogP contribution in [0, 0.1) is 11.8 Å². The van der Waals surface area contributed by atoms with Gasteiger partial charge in [-0.2, -0.15) is 0 Å². The second-order valence-electron chi connectivity index (χ2n) is 5.04. The Morgan fingerprint density at radius 3 is 3.12 bits per heavy atom. The van der Waals surface area contributed by atoms with Crippen molar-refractivity contribution < 1.29 is 23.8 Å². The van der Waals surface area contributed by atoms with Crippen LogP contribution >= 0.6 is 0 Å². The molecule has 3 aliphatic heterocycles. The van der Waals surface area contributed by atoms with E-state index in [4.69, 9.17) is 14.2 Å². The maximum absolute atomic E-state index is 11.6.